The normalized spacial score (nSPS) is 14.8. The summed E-state index contributed by atoms with van der Waals surface area (Å²) in [7, 11) is 0. The highest BCUT2D eigenvalue weighted by molar-refractivity contribution is 6.00. The number of halogens is 4. The van der Waals surface area contributed by atoms with Crippen molar-refractivity contribution >= 4 is 11.8 Å². The zero-order chi connectivity index (χ0) is 21.3. The quantitative estimate of drug-likeness (QED) is 0.677. The standard InChI is InChI=1S/C19H18F4N2O3/c1-10-5-3-4-6-12(10)15(26)18(2,17(24)28)25-16(27)13-8-7-11(20)9-14(13)19(21,22)23/h3-9,15,26H,1-2H3,(H2,24,28)(H,25,27). The molecular weight excluding hydrogens is 380 g/mol. The Bertz CT molecular complexity index is 914. The fourth-order valence-corrected chi connectivity index (χ4v) is 2.72. The lowest BCUT2D eigenvalue weighted by atomic mass is 9.86. The Morgan fingerprint density at radius 3 is 2.29 bits per heavy atom. The van der Waals surface area contributed by atoms with Gasteiger partial charge in [0, 0.05) is 0 Å². The van der Waals surface area contributed by atoms with Gasteiger partial charge >= 0.3 is 6.18 Å². The molecule has 0 aliphatic carbocycles. The van der Waals surface area contributed by atoms with E-state index >= 15 is 0 Å². The van der Waals surface area contributed by atoms with Gasteiger partial charge in [0.1, 0.15) is 17.5 Å². The van der Waals surface area contributed by atoms with Gasteiger partial charge in [-0.05, 0) is 43.2 Å². The third-order valence-electron chi connectivity index (χ3n) is 4.45. The molecule has 0 aromatic heterocycles. The van der Waals surface area contributed by atoms with E-state index in [9.17, 15) is 32.3 Å². The molecule has 0 radical (unpaired) electrons. The summed E-state index contributed by atoms with van der Waals surface area (Å²) in [5, 5.41) is 12.7. The van der Waals surface area contributed by atoms with E-state index in [0.717, 1.165) is 6.92 Å². The number of primary amides is 1. The molecule has 2 aromatic carbocycles. The van der Waals surface area contributed by atoms with Gasteiger partial charge in [-0.3, -0.25) is 9.59 Å². The number of amides is 2. The minimum atomic E-state index is -5.01. The van der Waals surface area contributed by atoms with Crippen molar-refractivity contribution in [2.24, 2.45) is 5.73 Å². The second-order valence-corrected chi connectivity index (χ2v) is 6.47. The van der Waals surface area contributed by atoms with E-state index in [1.807, 2.05) is 0 Å². The smallest absolute Gasteiger partial charge is 0.385 e. The van der Waals surface area contributed by atoms with E-state index in [4.69, 9.17) is 5.73 Å². The zero-order valence-corrected chi connectivity index (χ0v) is 15.0. The van der Waals surface area contributed by atoms with E-state index < -0.39 is 46.6 Å². The zero-order valence-electron chi connectivity index (χ0n) is 15.0. The Morgan fingerprint density at radius 1 is 1.14 bits per heavy atom. The van der Waals surface area contributed by atoms with Crippen LogP contribution in [0.25, 0.3) is 0 Å². The molecule has 0 spiro atoms. The molecule has 4 N–H and O–H groups in total. The summed E-state index contributed by atoms with van der Waals surface area (Å²) in [6.45, 7) is 2.74. The van der Waals surface area contributed by atoms with Crippen LogP contribution in [0.15, 0.2) is 42.5 Å². The summed E-state index contributed by atoms with van der Waals surface area (Å²) < 4.78 is 52.8. The van der Waals surface area contributed by atoms with Crippen LogP contribution < -0.4 is 11.1 Å². The highest BCUT2D eigenvalue weighted by Gasteiger charge is 2.43. The van der Waals surface area contributed by atoms with Gasteiger partial charge in [0.05, 0.1) is 11.1 Å². The molecule has 150 valence electrons. The average molecular weight is 398 g/mol. The molecule has 0 bridgehead atoms. The Balaban J connectivity index is 2.47. The number of aryl methyl sites for hydroxylation is 1. The lowest BCUT2D eigenvalue weighted by molar-refractivity contribution is -0.138. The van der Waals surface area contributed by atoms with Crippen LogP contribution in [-0.2, 0) is 11.0 Å². The maximum absolute atomic E-state index is 13.3. The molecule has 0 saturated heterocycles. The minimum Gasteiger partial charge on any atom is -0.385 e. The fraction of sp³-hybridized carbons (Fsp3) is 0.263. The summed E-state index contributed by atoms with van der Waals surface area (Å²) in [4.78, 5) is 24.5. The predicted molar refractivity (Wildman–Crippen MR) is 92.6 cm³/mol. The van der Waals surface area contributed by atoms with Gasteiger partial charge in [0.25, 0.3) is 5.91 Å². The van der Waals surface area contributed by atoms with Crippen molar-refractivity contribution in [2.45, 2.75) is 31.7 Å². The first kappa shape index (κ1) is 21.4. The van der Waals surface area contributed by atoms with Crippen LogP contribution in [0.1, 0.15) is 40.1 Å². The topological polar surface area (TPSA) is 92.4 Å². The number of rotatable bonds is 5. The molecule has 5 nitrogen and oxygen atoms in total. The predicted octanol–water partition coefficient (Wildman–Crippen LogP) is 2.86. The van der Waals surface area contributed by atoms with E-state index in [1.165, 1.54) is 6.07 Å². The van der Waals surface area contributed by atoms with Gasteiger partial charge in [0.2, 0.25) is 5.91 Å². The Hall–Kier alpha value is -2.94. The number of carbonyl (C=O) groups excluding carboxylic acids is 2. The third kappa shape index (κ3) is 4.14. The Morgan fingerprint density at radius 2 is 1.75 bits per heavy atom. The van der Waals surface area contributed by atoms with Gasteiger partial charge in [-0.15, -0.1) is 0 Å². The lowest BCUT2D eigenvalue weighted by Crippen LogP contribution is -2.59. The molecule has 2 unspecified atom stereocenters. The molecule has 0 saturated carbocycles. The van der Waals surface area contributed by atoms with Gasteiger partial charge < -0.3 is 16.2 Å². The summed E-state index contributed by atoms with van der Waals surface area (Å²) in [5.74, 6) is -3.67. The van der Waals surface area contributed by atoms with Gasteiger partial charge in [0.15, 0.2) is 0 Å². The van der Waals surface area contributed by atoms with Crippen molar-refractivity contribution in [3.05, 3.63) is 70.5 Å². The molecule has 0 fully saturated rings. The monoisotopic (exact) mass is 398 g/mol. The molecule has 2 amide bonds. The van der Waals surface area contributed by atoms with Crippen molar-refractivity contribution in [3.8, 4) is 0 Å². The number of hydrogen-bond donors (Lipinski definition) is 3. The summed E-state index contributed by atoms with van der Waals surface area (Å²) in [6, 6.07) is 7.90. The van der Waals surface area contributed by atoms with Crippen molar-refractivity contribution < 1.29 is 32.3 Å². The molecular formula is C19H18F4N2O3. The van der Waals surface area contributed by atoms with Crippen molar-refractivity contribution in [1.29, 1.82) is 0 Å². The van der Waals surface area contributed by atoms with Crippen LogP contribution in [-0.4, -0.2) is 22.5 Å². The molecule has 0 heterocycles. The number of aliphatic hydroxyl groups is 1. The Kier molecular flexibility index (Phi) is 5.79. The second kappa shape index (κ2) is 7.59. The van der Waals surface area contributed by atoms with Crippen LogP contribution in [0.4, 0.5) is 17.6 Å². The van der Waals surface area contributed by atoms with Crippen molar-refractivity contribution in [3.63, 3.8) is 0 Å². The lowest BCUT2D eigenvalue weighted by Gasteiger charge is -2.33. The molecule has 9 heteroatoms. The van der Waals surface area contributed by atoms with Gasteiger partial charge in [-0.2, -0.15) is 13.2 Å². The van der Waals surface area contributed by atoms with Crippen LogP contribution in [0, 0.1) is 12.7 Å². The van der Waals surface area contributed by atoms with E-state index in [2.05, 4.69) is 5.32 Å². The van der Waals surface area contributed by atoms with E-state index in [-0.39, 0.29) is 11.6 Å². The Labute approximate surface area is 158 Å². The number of nitrogens with one attached hydrogen (secondary N) is 1. The first-order valence-electron chi connectivity index (χ1n) is 8.10. The number of alkyl halides is 3. The number of nitrogens with two attached hydrogens (primary N) is 1. The van der Waals surface area contributed by atoms with Crippen LogP contribution >= 0.6 is 0 Å². The summed E-state index contributed by atoms with van der Waals surface area (Å²) in [5.41, 5.74) is 1.64. The highest BCUT2D eigenvalue weighted by Crippen LogP contribution is 2.34. The first-order valence-corrected chi connectivity index (χ1v) is 8.10. The summed E-state index contributed by atoms with van der Waals surface area (Å²) in [6.07, 6.45) is -6.64. The number of benzene rings is 2. The molecule has 0 aliphatic heterocycles. The molecule has 0 aliphatic rings. The van der Waals surface area contributed by atoms with Gasteiger partial charge in [-0.25, -0.2) is 4.39 Å². The van der Waals surface area contributed by atoms with Crippen molar-refractivity contribution in [2.75, 3.05) is 0 Å². The van der Waals surface area contributed by atoms with Crippen LogP contribution in [0.2, 0.25) is 0 Å². The first-order chi connectivity index (χ1) is 12.9. The fourth-order valence-electron chi connectivity index (χ4n) is 2.72. The maximum Gasteiger partial charge on any atom is 0.417 e. The minimum absolute atomic E-state index is 0.175. The van der Waals surface area contributed by atoms with Crippen LogP contribution in [0.3, 0.4) is 0 Å². The largest absolute Gasteiger partial charge is 0.417 e. The highest BCUT2D eigenvalue weighted by atomic mass is 19.4. The number of aliphatic hydroxyl groups excluding tert-OH is 1. The maximum atomic E-state index is 13.3. The molecule has 2 rings (SSSR count). The summed E-state index contributed by atoms with van der Waals surface area (Å²) >= 11 is 0. The molecule has 28 heavy (non-hydrogen) atoms. The number of hydrogen-bond acceptors (Lipinski definition) is 3. The third-order valence-corrected chi connectivity index (χ3v) is 4.45. The SMILES string of the molecule is Cc1ccccc1C(O)C(C)(NC(=O)c1ccc(F)cc1C(F)(F)F)C(N)=O. The molecule has 2 atom stereocenters. The van der Waals surface area contributed by atoms with Gasteiger partial charge in [-0.1, -0.05) is 24.3 Å². The molecule has 2 aromatic rings. The van der Waals surface area contributed by atoms with E-state index in [0.29, 0.717) is 17.7 Å². The van der Waals surface area contributed by atoms with E-state index in [1.54, 1.807) is 25.1 Å². The van der Waals surface area contributed by atoms with Crippen LogP contribution in [0.5, 0.6) is 0 Å². The number of carbonyl (C=O) groups is 2. The average Bonchev–Trinajstić information content (AvgIpc) is 2.60. The van der Waals surface area contributed by atoms with Crippen molar-refractivity contribution in [1.82, 2.24) is 5.32 Å². The second-order valence-electron chi connectivity index (χ2n) is 6.47.